The van der Waals surface area contributed by atoms with Crippen molar-refractivity contribution in [1.82, 2.24) is 10.6 Å². The van der Waals surface area contributed by atoms with Crippen molar-refractivity contribution in [2.24, 2.45) is 0 Å². The molecule has 0 fully saturated rings. The van der Waals surface area contributed by atoms with E-state index < -0.39 is 29.5 Å². The van der Waals surface area contributed by atoms with Crippen LogP contribution in [0.5, 0.6) is 0 Å². The largest absolute Gasteiger partial charge is 0.478 e. The van der Waals surface area contributed by atoms with Gasteiger partial charge in [0.15, 0.2) is 5.78 Å². The molecule has 0 saturated heterocycles. The van der Waals surface area contributed by atoms with Gasteiger partial charge in [0.05, 0.1) is 22.3 Å². The molecule has 4 N–H and O–H groups in total. The molecule has 4 radical (unpaired) electrons. The summed E-state index contributed by atoms with van der Waals surface area (Å²) in [6, 6.07) is 8.82. The molecule has 0 spiro atoms. The Morgan fingerprint density at radius 1 is 0.675 bits per heavy atom. The number of hydrogen-bond donors (Lipinski definition) is 4. The molecule has 2 aromatic rings. The third-order valence-corrected chi connectivity index (χ3v) is 7.59. The van der Waals surface area contributed by atoms with Gasteiger partial charge in [-0.3, -0.25) is 14.4 Å². The number of carboxylic acids is 2. The van der Waals surface area contributed by atoms with Crippen molar-refractivity contribution >= 4 is 49.1 Å². The molecule has 0 aliphatic carbocycles. The summed E-state index contributed by atoms with van der Waals surface area (Å²) in [6.07, 6.45) is 1.33. The second-order valence-electron chi connectivity index (χ2n) is 8.33. The first kappa shape index (κ1) is 32.6. The lowest BCUT2D eigenvalue weighted by Crippen LogP contribution is -2.27. The zero-order chi connectivity index (χ0) is 29.5. The molecule has 2 aromatic carbocycles. The molecule has 13 heteroatoms. The van der Waals surface area contributed by atoms with E-state index in [1.54, 1.807) is 0 Å². The van der Waals surface area contributed by atoms with Crippen LogP contribution in [-0.4, -0.2) is 85.6 Å². The maximum absolute atomic E-state index is 13.1. The zero-order valence-electron chi connectivity index (χ0n) is 22.4. The molecule has 212 valence electrons. The quantitative estimate of drug-likeness (QED) is 0.117. The van der Waals surface area contributed by atoms with Gasteiger partial charge in [-0.1, -0.05) is 12.1 Å². The second-order valence-corrected chi connectivity index (χ2v) is 10.5. The Labute approximate surface area is 237 Å². The first-order valence-electron chi connectivity index (χ1n) is 12.8. The highest BCUT2D eigenvalue weighted by atomic mass is 28.2. The summed E-state index contributed by atoms with van der Waals surface area (Å²) in [5.74, 6) is -4.61. The van der Waals surface area contributed by atoms with Crippen molar-refractivity contribution < 1.29 is 43.0 Å². The van der Waals surface area contributed by atoms with Gasteiger partial charge in [0.2, 0.25) is 19.5 Å². The van der Waals surface area contributed by atoms with Crippen molar-refractivity contribution in [3.8, 4) is 0 Å². The molecular formula is C27H32N2O9Si2. The van der Waals surface area contributed by atoms with Crippen LogP contribution >= 0.6 is 0 Å². The summed E-state index contributed by atoms with van der Waals surface area (Å²) in [5.41, 5.74) is -1.02. The minimum Gasteiger partial charge on any atom is -0.478 e. The smallest absolute Gasteiger partial charge is 0.336 e. The summed E-state index contributed by atoms with van der Waals surface area (Å²) in [7, 11) is 0.651. The van der Waals surface area contributed by atoms with Crippen molar-refractivity contribution in [1.29, 1.82) is 0 Å². The number of rotatable bonds is 18. The third-order valence-electron chi connectivity index (χ3n) is 5.49. The van der Waals surface area contributed by atoms with Gasteiger partial charge in [-0.15, -0.1) is 0 Å². The lowest BCUT2D eigenvalue weighted by molar-refractivity contribution is 0.0682. The minimum absolute atomic E-state index is 0.0458. The van der Waals surface area contributed by atoms with Crippen molar-refractivity contribution in [2.45, 2.75) is 38.8 Å². The van der Waals surface area contributed by atoms with Gasteiger partial charge in [0.1, 0.15) is 0 Å². The molecule has 0 atom stereocenters. The fourth-order valence-corrected chi connectivity index (χ4v) is 4.89. The van der Waals surface area contributed by atoms with E-state index in [0.29, 0.717) is 58.7 Å². The summed E-state index contributed by atoms with van der Waals surface area (Å²) in [4.78, 5) is 62.0. The molecule has 0 aliphatic rings. The highest BCUT2D eigenvalue weighted by Gasteiger charge is 2.22. The van der Waals surface area contributed by atoms with Gasteiger partial charge in [0.25, 0.3) is 11.8 Å². The third kappa shape index (κ3) is 9.82. The van der Waals surface area contributed by atoms with Crippen LogP contribution in [0.15, 0.2) is 36.4 Å². The number of ketones is 1. The average Bonchev–Trinajstić information content (AvgIpc) is 2.95. The van der Waals surface area contributed by atoms with Crippen LogP contribution in [0, 0.1) is 0 Å². The normalized spacial score (nSPS) is 10.7. The fourth-order valence-electron chi connectivity index (χ4n) is 3.55. The number of carbonyl (C=O) groups is 5. The maximum Gasteiger partial charge on any atom is 0.336 e. The van der Waals surface area contributed by atoms with Gasteiger partial charge in [0, 0.05) is 37.4 Å². The summed E-state index contributed by atoms with van der Waals surface area (Å²) in [5, 5.41) is 24.7. The molecule has 11 nitrogen and oxygen atoms in total. The number of nitrogens with one attached hydrogen (secondary N) is 2. The van der Waals surface area contributed by atoms with Gasteiger partial charge < -0.3 is 29.7 Å². The Balaban J connectivity index is 2.17. The molecule has 2 rings (SSSR count). The molecule has 2 amide bonds. The van der Waals surface area contributed by atoms with Crippen molar-refractivity contribution in [2.75, 3.05) is 26.3 Å². The SMILES string of the molecule is CCO[Si]CCCNC(=O)c1ccc(C(=O)c2ccc(C(=O)NCCC[Si]OCC)c(C(=O)O)c2)cc1C(=O)O. The van der Waals surface area contributed by atoms with E-state index in [-0.39, 0.29) is 33.4 Å². The number of carbonyl (C=O) groups excluding carboxylic acids is 3. The highest BCUT2D eigenvalue weighted by Crippen LogP contribution is 2.19. The van der Waals surface area contributed by atoms with Gasteiger partial charge >= 0.3 is 11.9 Å². The van der Waals surface area contributed by atoms with Crippen LogP contribution < -0.4 is 10.6 Å². The second kappa shape index (κ2) is 17.1. The van der Waals surface area contributed by atoms with E-state index in [1.165, 1.54) is 24.3 Å². The number of benzene rings is 2. The summed E-state index contributed by atoms with van der Waals surface area (Å²) in [6.45, 7) is 5.69. The van der Waals surface area contributed by atoms with Crippen molar-refractivity contribution in [3.05, 3.63) is 69.8 Å². The van der Waals surface area contributed by atoms with E-state index >= 15 is 0 Å². The molecular weight excluding hydrogens is 552 g/mol. The Morgan fingerprint density at radius 2 is 1.07 bits per heavy atom. The van der Waals surface area contributed by atoms with E-state index in [1.807, 2.05) is 13.8 Å². The molecule has 0 unspecified atom stereocenters. The molecule has 0 bridgehead atoms. The predicted octanol–water partition coefficient (Wildman–Crippen LogP) is 2.70. The molecule has 40 heavy (non-hydrogen) atoms. The predicted molar refractivity (Wildman–Crippen MR) is 149 cm³/mol. The topological polar surface area (TPSA) is 168 Å². The van der Waals surface area contributed by atoms with Gasteiger partial charge in [-0.2, -0.15) is 0 Å². The molecule has 0 saturated carbocycles. The molecule has 0 aromatic heterocycles. The average molecular weight is 585 g/mol. The van der Waals surface area contributed by atoms with Crippen molar-refractivity contribution in [3.63, 3.8) is 0 Å². The number of hydrogen-bond acceptors (Lipinski definition) is 7. The lowest BCUT2D eigenvalue weighted by atomic mass is 9.95. The monoisotopic (exact) mass is 584 g/mol. The summed E-state index contributed by atoms with van der Waals surface area (Å²) < 4.78 is 10.5. The first-order chi connectivity index (χ1) is 19.2. The van der Waals surface area contributed by atoms with Crippen LogP contribution in [0.25, 0.3) is 0 Å². The Morgan fingerprint density at radius 3 is 1.43 bits per heavy atom. The Hall–Kier alpha value is -3.66. The minimum atomic E-state index is -1.39. The van der Waals surface area contributed by atoms with Gasteiger partial charge in [-0.05, 0) is 63.0 Å². The van der Waals surface area contributed by atoms with E-state index in [4.69, 9.17) is 8.85 Å². The van der Waals surface area contributed by atoms with E-state index in [2.05, 4.69) is 10.6 Å². The number of aromatic carboxylic acids is 2. The highest BCUT2D eigenvalue weighted by molar-refractivity contribution is 6.27. The van der Waals surface area contributed by atoms with Crippen LogP contribution in [0.2, 0.25) is 12.1 Å². The van der Waals surface area contributed by atoms with Crippen LogP contribution in [0.3, 0.4) is 0 Å². The van der Waals surface area contributed by atoms with Gasteiger partial charge in [-0.25, -0.2) is 9.59 Å². The van der Waals surface area contributed by atoms with E-state index in [9.17, 15) is 34.2 Å². The molecule has 0 heterocycles. The summed E-state index contributed by atoms with van der Waals surface area (Å²) >= 11 is 0. The lowest BCUT2D eigenvalue weighted by Gasteiger charge is -2.11. The Bertz CT molecular complexity index is 1130. The Kier molecular flexibility index (Phi) is 13.9. The maximum atomic E-state index is 13.1. The zero-order valence-corrected chi connectivity index (χ0v) is 24.4. The number of amides is 2. The van der Waals surface area contributed by atoms with Crippen LogP contribution in [0.4, 0.5) is 0 Å². The fraction of sp³-hybridized carbons (Fsp3) is 0.370. The van der Waals surface area contributed by atoms with Crippen LogP contribution in [0.1, 0.15) is 84.0 Å². The molecule has 0 aliphatic heterocycles. The van der Waals surface area contributed by atoms with E-state index in [0.717, 1.165) is 24.2 Å². The number of carboxylic acid groups (broad SMARTS) is 2. The van der Waals surface area contributed by atoms with Crippen LogP contribution in [-0.2, 0) is 8.85 Å². The standard InChI is InChI=1S/C27H32N2O9Si2/c1-3-37-39-13-5-11-28-24(31)19-9-7-17(15-21(19)26(33)34)23(30)18-8-10-20(22(16-18)27(35)36)25(32)29-12-6-14-40-38-4-2/h7-10,15-16H,3-6,11-14H2,1-2H3,(H,28,31)(H,29,32)(H,33,34)(H,35,36). The first-order valence-corrected chi connectivity index (χ1v) is 15.0.